The zero-order valence-electron chi connectivity index (χ0n) is 9.90. The van der Waals surface area contributed by atoms with Gasteiger partial charge in [-0.25, -0.2) is 4.39 Å². The maximum atomic E-state index is 13.5. The molecule has 0 amide bonds. The van der Waals surface area contributed by atoms with Crippen LogP contribution in [0.15, 0.2) is 53.1 Å². The molecule has 0 fully saturated rings. The van der Waals surface area contributed by atoms with Crippen LogP contribution < -0.4 is 0 Å². The van der Waals surface area contributed by atoms with Crippen molar-refractivity contribution in [2.75, 3.05) is 0 Å². The lowest BCUT2D eigenvalue weighted by molar-refractivity contribution is 0.221. The predicted molar refractivity (Wildman–Crippen MR) is 76.5 cm³/mol. The van der Waals surface area contributed by atoms with Gasteiger partial charge in [0.2, 0.25) is 0 Å². The summed E-state index contributed by atoms with van der Waals surface area (Å²) in [5.74, 6) is -0.377. The summed E-state index contributed by atoms with van der Waals surface area (Å²) in [6.45, 7) is 0. The fraction of sp³-hybridized carbons (Fsp3) is 0.0667. The summed E-state index contributed by atoms with van der Waals surface area (Å²) in [6.07, 6.45) is 0.977. The second-order valence-electron chi connectivity index (χ2n) is 4.36. The van der Waals surface area contributed by atoms with Crippen LogP contribution >= 0.6 is 15.9 Å². The maximum absolute atomic E-state index is 13.5. The molecule has 2 N–H and O–H groups in total. The molecule has 1 atom stereocenters. The number of rotatable bonds is 2. The summed E-state index contributed by atoms with van der Waals surface area (Å²) in [5, 5.41) is 11.4. The van der Waals surface area contributed by atoms with Crippen LogP contribution in [-0.4, -0.2) is 10.1 Å². The minimum atomic E-state index is -0.845. The molecule has 0 aliphatic heterocycles. The lowest BCUT2D eigenvalue weighted by Crippen LogP contribution is -2.00. The summed E-state index contributed by atoms with van der Waals surface area (Å²) in [6, 6.07) is 12.2. The van der Waals surface area contributed by atoms with Gasteiger partial charge in [0.15, 0.2) is 0 Å². The molecule has 19 heavy (non-hydrogen) atoms. The van der Waals surface area contributed by atoms with Gasteiger partial charge in [0.1, 0.15) is 11.9 Å². The van der Waals surface area contributed by atoms with Crippen LogP contribution in [0.25, 0.3) is 10.9 Å². The molecule has 2 aromatic carbocycles. The molecule has 0 aliphatic carbocycles. The highest BCUT2D eigenvalue weighted by molar-refractivity contribution is 9.10. The second-order valence-corrected chi connectivity index (χ2v) is 5.22. The Kier molecular flexibility index (Phi) is 3.12. The molecule has 3 aromatic rings. The Morgan fingerprint density at radius 3 is 2.79 bits per heavy atom. The van der Waals surface area contributed by atoms with E-state index in [2.05, 4.69) is 20.9 Å². The lowest BCUT2D eigenvalue weighted by atomic mass is 9.98. The van der Waals surface area contributed by atoms with Crippen LogP contribution in [-0.2, 0) is 0 Å². The third-order valence-electron chi connectivity index (χ3n) is 3.18. The molecule has 0 spiro atoms. The number of hydrogen-bond donors (Lipinski definition) is 2. The Bertz CT molecular complexity index is 738. The topological polar surface area (TPSA) is 36.0 Å². The number of benzene rings is 2. The number of aromatic amines is 1. The molecule has 1 unspecified atom stereocenters. The van der Waals surface area contributed by atoms with E-state index in [0.29, 0.717) is 10.0 Å². The van der Waals surface area contributed by atoms with Crippen molar-refractivity contribution >= 4 is 26.8 Å². The molecule has 1 heterocycles. The van der Waals surface area contributed by atoms with Crippen molar-refractivity contribution in [3.05, 3.63) is 70.1 Å². The van der Waals surface area contributed by atoms with E-state index in [1.807, 2.05) is 30.5 Å². The average molecular weight is 320 g/mol. The molecular weight excluding hydrogens is 309 g/mol. The number of aliphatic hydroxyl groups is 1. The van der Waals surface area contributed by atoms with Gasteiger partial charge in [-0.05, 0) is 51.3 Å². The predicted octanol–water partition coefficient (Wildman–Crippen LogP) is 4.15. The van der Waals surface area contributed by atoms with Crippen LogP contribution in [0.3, 0.4) is 0 Å². The number of halogens is 2. The fourth-order valence-corrected chi connectivity index (χ4v) is 2.46. The smallest absolute Gasteiger partial charge is 0.137 e. The van der Waals surface area contributed by atoms with Gasteiger partial charge < -0.3 is 10.1 Å². The number of aliphatic hydroxyl groups excluding tert-OH is 1. The molecule has 1 aromatic heterocycles. The van der Waals surface area contributed by atoms with Gasteiger partial charge in [0.25, 0.3) is 0 Å². The minimum absolute atomic E-state index is 0.377. The Morgan fingerprint density at radius 2 is 2.00 bits per heavy atom. The maximum Gasteiger partial charge on any atom is 0.137 e. The van der Waals surface area contributed by atoms with E-state index in [1.165, 1.54) is 6.07 Å². The van der Waals surface area contributed by atoms with Crippen molar-refractivity contribution in [1.29, 1.82) is 0 Å². The van der Waals surface area contributed by atoms with E-state index in [-0.39, 0.29) is 5.82 Å². The number of fused-ring (bicyclic) bond motifs is 1. The SMILES string of the molecule is OC(c1ccc(Br)c(F)c1)c1cccc2[nH]ccc12. The number of aromatic nitrogens is 1. The van der Waals surface area contributed by atoms with E-state index in [1.54, 1.807) is 12.1 Å². The van der Waals surface area contributed by atoms with E-state index in [0.717, 1.165) is 16.5 Å². The molecule has 0 radical (unpaired) electrons. The molecular formula is C15H11BrFNO. The van der Waals surface area contributed by atoms with E-state index in [4.69, 9.17) is 0 Å². The van der Waals surface area contributed by atoms with Crippen molar-refractivity contribution in [3.8, 4) is 0 Å². The van der Waals surface area contributed by atoms with Crippen molar-refractivity contribution in [3.63, 3.8) is 0 Å². The fourth-order valence-electron chi connectivity index (χ4n) is 2.21. The van der Waals surface area contributed by atoms with Crippen LogP contribution in [0.5, 0.6) is 0 Å². The third-order valence-corrected chi connectivity index (χ3v) is 3.83. The van der Waals surface area contributed by atoms with Crippen LogP contribution in [0.1, 0.15) is 17.2 Å². The van der Waals surface area contributed by atoms with Crippen LogP contribution in [0.2, 0.25) is 0 Å². The summed E-state index contributed by atoms with van der Waals surface area (Å²) in [7, 11) is 0. The van der Waals surface area contributed by atoms with E-state index < -0.39 is 6.10 Å². The number of H-pyrrole nitrogens is 1. The van der Waals surface area contributed by atoms with Gasteiger partial charge in [-0.2, -0.15) is 0 Å². The van der Waals surface area contributed by atoms with Gasteiger partial charge >= 0.3 is 0 Å². The number of nitrogens with one attached hydrogen (secondary N) is 1. The Labute approximate surface area is 118 Å². The lowest BCUT2D eigenvalue weighted by Gasteiger charge is -2.13. The van der Waals surface area contributed by atoms with Crippen LogP contribution in [0.4, 0.5) is 4.39 Å². The minimum Gasteiger partial charge on any atom is -0.384 e. The first-order valence-corrected chi connectivity index (χ1v) is 6.65. The first-order chi connectivity index (χ1) is 9.16. The van der Waals surface area contributed by atoms with Gasteiger partial charge in [-0.3, -0.25) is 0 Å². The van der Waals surface area contributed by atoms with Gasteiger partial charge in [0.05, 0.1) is 4.47 Å². The Balaban J connectivity index is 2.10. The van der Waals surface area contributed by atoms with Crippen molar-refractivity contribution in [2.24, 2.45) is 0 Å². The first kappa shape index (κ1) is 12.4. The molecule has 96 valence electrons. The summed E-state index contributed by atoms with van der Waals surface area (Å²) < 4.78 is 13.9. The number of hydrogen-bond acceptors (Lipinski definition) is 1. The van der Waals surface area contributed by atoms with E-state index in [9.17, 15) is 9.50 Å². The first-order valence-electron chi connectivity index (χ1n) is 5.86. The molecule has 0 saturated carbocycles. The average Bonchev–Trinajstić information content (AvgIpc) is 2.89. The highest BCUT2D eigenvalue weighted by atomic mass is 79.9. The quantitative estimate of drug-likeness (QED) is 0.731. The standard InChI is InChI=1S/C15H11BrFNO/c16-12-5-4-9(8-13(12)17)15(19)11-2-1-3-14-10(11)6-7-18-14/h1-8,15,18-19H. The largest absolute Gasteiger partial charge is 0.384 e. The molecule has 3 rings (SSSR count). The molecule has 0 aliphatic rings. The molecule has 2 nitrogen and oxygen atoms in total. The normalized spacial score (nSPS) is 12.8. The zero-order valence-corrected chi connectivity index (χ0v) is 11.5. The second kappa shape index (κ2) is 4.79. The van der Waals surface area contributed by atoms with Crippen molar-refractivity contribution in [1.82, 2.24) is 4.98 Å². The summed E-state index contributed by atoms with van der Waals surface area (Å²) >= 11 is 3.11. The zero-order chi connectivity index (χ0) is 13.4. The monoisotopic (exact) mass is 319 g/mol. The van der Waals surface area contributed by atoms with Gasteiger partial charge in [0, 0.05) is 17.1 Å². The van der Waals surface area contributed by atoms with Crippen molar-refractivity contribution < 1.29 is 9.50 Å². The van der Waals surface area contributed by atoms with Gasteiger partial charge in [-0.15, -0.1) is 0 Å². The highest BCUT2D eigenvalue weighted by Gasteiger charge is 2.15. The molecule has 4 heteroatoms. The Hall–Kier alpha value is -1.65. The Morgan fingerprint density at radius 1 is 1.16 bits per heavy atom. The third kappa shape index (κ3) is 2.17. The molecule has 0 saturated heterocycles. The summed E-state index contributed by atoms with van der Waals surface area (Å²) in [4.78, 5) is 3.09. The van der Waals surface area contributed by atoms with Gasteiger partial charge in [-0.1, -0.05) is 18.2 Å². The summed E-state index contributed by atoms with van der Waals surface area (Å²) in [5.41, 5.74) is 2.25. The molecule has 0 bridgehead atoms. The highest BCUT2D eigenvalue weighted by Crippen LogP contribution is 2.30. The van der Waals surface area contributed by atoms with Crippen molar-refractivity contribution in [2.45, 2.75) is 6.10 Å². The van der Waals surface area contributed by atoms with Crippen LogP contribution in [0, 0.1) is 5.82 Å². The van der Waals surface area contributed by atoms with E-state index >= 15 is 0 Å².